The molecule has 0 bridgehead atoms. The van der Waals surface area contributed by atoms with Crippen molar-refractivity contribution in [2.45, 2.75) is 6.54 Å². The first kappa shape index (κ1) is 16.7. The van der Waals surface area contributed by atoms with Gasteiger partial charge in [0.2, 0.25) is 0 Å². The van der Waals surface area contributed by atoms with Gasteiger partial charge in [-0.3, -0.25) is 4.79 Å². The van der Waals surface area contributed by atoms with Crippen molar-refractivity contribution in [3.8, 4) is 5.75 Å². The van der Waals surface area contributed by atoms with Crippen LogP contribution in [0.25, 0.3) is 10.8 Å². The number of nitrogens with zero attached hydrogens (tertiary/aromatic N) is 2. The van der Waals surface area contributed by atoms with Crippen molar-refractivity contribution >= 4 is 16.7 Å². The normalized spacial score (nSPS) is 10.7. The van der Waals surface area contributed by atoms with Gasteiger partial charge in [-0.15, -0.1) is 0 Å². The predicted molar refractivity (Wildman–Crippen MR) is 103 cm³/mol. The van der Waals surface area contributed by atoms with Crippen LogP contribution in [0.1, 0.15) is 16.1 Å². The smallest absolute Gasteiger partial charge is 0.364 e. The Morgan fingerprint density at radius 1 is 0.815 bits per heavy atom. The fraction of sp³-hybridized carbons (Fsp3) is 0.0455. The summed E-state index contributed by atoms with van der Waals surface area (Å²) >= 11 is 0. The summed E-state index contributed by atoms with van der Waals surface area (Å²) in [4.78, 5) is 25.6. The van der Waals surface area contributed by atoms with Gasteiger partial charge >= 0.3 is 5.97 Å². The van der Waals surface area contributed by atoms with E-state index < -0.39 is 5.97 Å². The summed E-state index contributed by atoms with van der Waals surface area (Å²) < 4.78 is 6.74. The summed E-state index contributed by atoms with van der Waals surface area (Å²) in [5.74, 6) is -0.173. The monoisotopic (exact) mass is 356 g/mol. The summed E-state index contributed by atoms with van der Waals surface area (Å²) in [6.07, 6.45) is 0. The van der Waals surface area contributed by atoms with E-state index in [1.807, 2.05) is 36.4 Å². The van der Waals surface area contributed by atoms with Gasteiger partial charge in [-0.1, -0.05) is 66.7 Å². The fourth-order valence-corrected chi connectivity index (χ4v) is 2.89. The van der Waals surface area contributed by atoms with E-state index in [-0.39, 0.29) is 17.8 Å². The Kier molecular flexibility index (Phi) is 4.49. The van der Waals surface area contributed by atoms with Crippen molar-refractivity contribution in [1.82, 2.24) is 9.78 Å². The van der Waals surface area contributed by atoms with Crippen LogP contribution in [0.5, 0.6) is 5.75 Å². The Labute approximate surface area is 155 Å². The fourth-order valence-electron chi connectivity index (χ4n) is 2.89. The molecule has 5 nitrogen and oxygen atoms in total. The second-order valence-electron chi connectivity index (χ2n) is 6.05. The summed E-state index contributed by atoms with van der Waals surface area (Å²) in [5.41, 5.74) is 0.792. The molecule has 0 unspecified atom stereocenters. The van der Waals surface area contributed by atoms with Crippen LogP contribution < -0.4 is 10.3 Å². The lowest BCUT2D eigenvalue weighted by Crippen LogP contribution is -2.27. The summed E-state index contributed by atoms with van der Waals surface area (Å²) in [6.45, 7) is 0.274. The number of carbonyl (C=O) groups is 1. The van der Waals surface area contributed by atoms with E-state index in [1.165, 1.54) is 4.68 Å². The SMILES string of the molecule is O=C(Oc1ccccc1)c1nn(Cc2ccccc2)c(=O)c2ccccc12. The maximum Gasteiger partial charge on any atom is 0.364 e. The molecule has 1 aromatic heterocycles. The van der Waals surface area contributed by atoms with E-state index in [9.17, 15) is 9.59 Å². The van der Waals surface area contributed by atoms with Crippen LogP contribution in [0, 0.1) is 0 Å². The molecule has 0 aliphatic heterocycles. The topological polar surface area (TPSA) is 61.2 Å². The number of ether oxygens (including phenoxy) is 1. The van der Waals surface area contributed by atoms with Gasteiger partial charge < -0.3 is 4.74 Å². The molecule has 5 heteroatoms. The predicted octanol–water partition coefficient (Wildman–Crippen LogP) is 3.66. The van der Waals surface area contributed by atoms with E-state index in [0.717, 1.165) is 5.56 Å². The van der Waals surface area contributed by atoms with Crippen molar-refractivity contribution in [3.63, 3.8) is 0 Å². The van der Waals surface area contributed by atoms with Crippen LogP contribution in [0.4, 0.5) is 0 Å². The van der Waals surface area contributed by atoms with Crippen LogP contribution in [0.15, 0.2) is 89.7 Å². The number of rotatable bonds is 4. The van der Waals surface area contributed by atoms with Gasteiger partial charge in [0.15, 0.2) is 5.69 Å². The average Bonchev–Trinajstić information content (AvgIpc) is 2.71. The Morgan fingerprint density at radius 2 is 1.41 bits per heavy atom. The molecule has 0 radical (unpaired) electrons. The third kappa shape index (κ3) is 3.48. The average molecular weight is 356 g/mol. The first-order chi connectivity index (χ1) is 13.2. The molecule has 1 heterocycles. The molecule has 0 spiro atoms. The molecule has 3 aromatic carbocycles. The minimum absolute atomic E-state index is 0.116. The van der Waals surface area contributed by atoms with Gasteiger partial charge in [0.1, 0.15) is 5.75 Å². The van der Waals surface area contributed by atoms with Gasteiger partial charge in [0, 0.05) is 5.39 Å². The molecular formula is C22H16N2O3. The molecule has 0 N–H and O–H groups in total. The largest absolute Gasteiger partial charge is 0.422 e. The Hall–Kier alpha value is -3.73. The van der Waals surface area contributed by atoms with Crippen molar-refractivity contribution in [3.05, 3.63) is 107 Å². The van der Waals surface area contributed by atoms with Crippen LogP contribution >= 0.6 is 0 Å². The Morgan fingerprint density at radius 3 is 2.11 bits per heavy atom. The quantitative estimate of drug-likeness (QED) is 0.413. The second kappa shape index (κ2) is 7.25. The molecule has 0 saturated carbocycles. The number of aromatic nitrogens is 2. The van der Waals surface area contributed by atoms with E-state index in [4.69, 9.17) is 4.74 Å². The molecule has 0 amide bonds. The molecule has 0 atom stereocenters. The number of hydrogen-bond acceptors (Lipinski definition) is 4. The molecule has 0 aliphatic carbocycles. The van der Waals surface area contributed by atoms with Crippen molar-refractivity contribution in [1.29, 1.82) is 0 Å². The van der Waals surface area contributed by atoms with Crippen molar-refractivity contribution < 1.29 is 9.53 Å². The van der Waals surface area contributed by atoms with Crippen molar-refractivity contribution in [2.75, 3.05) is 0 Å². The summed E-state index contributed by atoms with van der Waals surface area (Å²) in [6, 6.07) is 25.2. The molecule has 0 fully saturated rings. The highest BCUT2D eigenvalue weighted by atomic mass is 16.5. The molecule has 0 aliphatic rings. The molecule has 27 heavy (non-hydrogen) atoms. The lowest BCUT2D eigenvalue weighted by molar-refractivity contribution is 0.0728. The number of esters is 1. The minimum Gasteiger partial charge on any atom is -0.422 e. The number of carbonyl (C=O) groups excluding carboxylic acids is 1. The number of fused-ring (bicyclic) bond motifs is 1. The van der Waals surface area contributed by atoms with E-state index in [1.54, 1.807) is 48.5 Å². The molecule has 132 valence electrons. The highest BCUT2D eigenvalue weighted by molar-refractivity contribution is 6.02. The van der Waals surface area contributed by atoms with Gasteiger partial charge in [0.25, 0.3) is 5.56 Å². The lowest BCUT2D eigenvalue weighted by atomic mass is 10.1. The first-order valence-electron chi connectivity index (χ1n) is 8.53. The first-order valence-corrected chi connectivity index (χ1v) is 8.53. The van der Waals surface area contributed by atoms with E-state index in [2.05, 4.69) is 5.10 Å². The summed E-state index contributed by atoms with van der Waals surface area (Å²) in [5, 5.41) is 5.23. The second-order valence-corrected chi connectivity index (χ2v) is 6.05. The van der Waals surface area contributed by atoms with Gasteiger partial charge in [-0.25, -0.2) is 9.48 Å². The Balaban J connectivity index is 1.80. The standard InChI is InChI=1S/C22H16N2O3/c25-21-19-14-8-7-13-18(19)20(22(26)27-17-11-5-2-6-12-17)23-24(21)15-16-9-3-1-4-10-16/h1-14H,15H2. The van der Waals surface area contributed by atoms with Gasteiger partial charge in [-0.2, -0.15) is 5.10 Å². The molecular weight excluding hydrogens is 340 g/mol. The molecule has 4 aromatic rings. The molecule has 4 rings (SSSR count). The Bertz CT molecular complexity index is 1150. The van der Waals surface area contributed by atoms with Crippen LogP contribution in [-0.4, -0.2) is 15.7 Å². The maximum atomic E-state index is 12.8. The third-order valence-corrected chi connectivity index (χ3v) is 4.19. The minimum atomic E-state index is -0.598. The van der Waals surface area contributed by atoms with Crippen LogP contribution in [0.2, 0.25) is 0 Å². The maximum absolute atomic E-state index is 12.8. The molecule has 0 saturated heterocycles. The zero-order chi connectivity index (χ0) is 18.6. The number of hydrogen-bond donors (Lipinski definition) is 0. The zero-order valence-electron chi connectivity index (χ0n) is 14.4. The van der Waals surface area contributed by atoms with E-state index in [0.29, 0.717) is 16.5 Å². The highest BCUT2D eigenvalue weighted by Crippen LogP contribution is 2.17. The van der Waals surface area contributed by atoms with E-state index >= 15 is 0 Å². The number of para-hydroxylation sites is 1. The van der Waals surface area contributed by atoms with Crippen LogP contribution in [0.3, 0.4) is 0 Å². The van der Waals surface area contributed by atoms with Crippen molar-refractivity contribution in [2.24, 2.45) is 0 Å². The van der Waals surface area contributed by atoms with Gasteiger partial charge in [-0.05, 0) is 23.8 Å². The van der Waals surface area contributed by atoms with Gasteiger partial charge in [0.05, 0.1) is 11.9 Å². The van der Waals surface area contributed by atoms with Crippen LogP contribution in [-0.2, 0) is 6.54 Å². The summed E-state index contributed by atoms with van der Waals surface area (Å²) in [7, 11) is 0. The zero-order valence-corrected chi connectivity index (χ0v) is 14.4. The highest BCUT2D eigenvalue weighted by Gasteiger charge is 2.18. The third-order valence-electron chi connectivity index (χ3n) is 4.19. The lowest BCUT2D eigenvalue weighted by Gasteiger charge is -2.11. The number of benzene rings is 3.